The molecule has 0 aliphatic carbocycles. The molecule has 0 unspecified atom stereocenters. The number of hydrogen-bond acceptors (Lipinski definition) is 2. The molecule has 3 heteroatoms. The van der Waals surface area contributed by atoms with E-state index in [9.17, 15) is 9.18 Å². The number of allylic oxidation sites excluding steroid dienone is 1. The molecule has 0 spiro atoms. The summed E-state index contributed by atoms with van der Waals surface area (Å²) in [7, 11) is 0. The van der Waals surface area contributed by atoms with E-state index in [1.54, 1.807) is 42.5 Å². The minimum Gasteiger partial charge on any atom is -0.288 e. The van der Waals surface area contributed by atoms with Crippen LogP contribution in [0.25, 0.3) is 16.5 Å². The third-order valence-electron chi connectivity index (χ3n) is 3.49. The van der Waals surface area contributed by atoms with Crippen molar-refractivity contribution in [1.29, 1.82) is 0 Å². The second kappa shape index (κ2) is 6.71. The van der Waals surface area contributed by atoms with Crippen LogP contribution >= 0.6 is 11.3 Å². The maximum Gasteiger partial charge on any atom is 0.195 e. The fraction of sp³-hybridized carbons (Fsp3) is 0.0500. The standard InChI is InChI=1S/C20H15FOS/c1-14-6-8-15(9-7-14)10-11-18(22)20-13-12-19(23-20)16-4-2-3-5-17(16)21/h2-13H,1H3/b11-10+. The topological polar surface area (TPSA) is 17.1 Å². The first-order valence-electron chi connectivity index (χ1n) is 7.27. The lowest BCUT2D eigenvalue weighted by Gasteiger charge is -1.98. The molecule has 0 bridgehead atoms. The molecule has 0 aliphatic rings. The molecule has 23 heavy (non-hydrogen) atoms. The summed E-state index contributed by atoms with van der Waals surface area (Å²) >= 11 is 1.31. The number of hydrogen-bond donors (Lipinski definition) is 0. The van der Waals surface area contributed by atoms with Gasteiger partial charge in [-0.05, 0) is 36.8 Å². The summed E-state index contributed by atoms with van der Waals surface area (Å²) < 4.78 is 13.8. The molecule has 0 aliphatic heterocycles. The van der Waals surface area contributed by atoms with Gasteiger partial charge in [-0.1, -0.05) is 54.1 Å². The maximum absolute atomic E-state index is 13.8. The SMILES string of the molecule is Cc1ccc(/C=C/C(=O)c2ccc(-c3ccccc3F)s2)cc1. The monoisotopic (exact) mass is 322 g/mol. The Kier molecular flexibility index (Phi) is 4.49. The van der Waals surface area contributed by atoms with Gasteiger partial charge < -0.3 is 0 Å². The van der Waals surface area contributed by atoms with E-state index < -0.39 is 0 Å². The molecule has 0 N–H and O–H groups in total. The van der Waals surface area contributed by atoms with Crippen LogP contribution < -0.4 is 0 Å². The van der Waals surface area contributed by atoms with Gasteiger partial charge in [-0.3, -0.25) is 4.79 Å². The summed E-state index contributed by atoms with van der Waals surface area (Å²) in [4.78, 5) is 13.6. The van der Waals surface area contributed by atoms with Gasteiger partial charge in [0, 0.05) is 10.4 Å². The zero-order chi connectivity index (χ0) is 16.2. The van der Waals surface area contributed by atoms with Gasteiger partial charge in [0.05, 0.1) is 4.88 Å². The molecule has 2 aromatic carbocycles. The van der Waals surface area contributed by atoms with E-state index in [0.717, 1.165) is 10.4 Å². The third kappa shape index (κ3) is 3.63. The number of ketones is 1. The summed E-state index contributed by atoms with van der Waals surface area (Å²) in [5, 5.41) is 0. The first kappa shape index (κ1) is 15.4. The van der Waals surface area contributed by atoms with Crippen molar-refractivity contribution in [3.05, 3.63) is 88.6 Å². The molecule has 3 rings (SSSR count). The van der Waals surface area contributed by atoms with Crippen molar-refractivity contribution in [2.24, 2.45) is 0 Å². The number of aryl methyl sites for hydroxylation is 1. The van der Waals surface area contributed by atoms with Gasteiger partial charge in [0.2, 0.25) is 0 Å². The molecule has 1 aromatic heterocycles. The molecule has 114 valence electrons. The maximum atomic E-state index is 13.8. The van der Waals surface area contributed by atoms with E-state index in [0.29, 0.717) is 10.4 Å². The van der Waals surface area contributed by atoms with E-state index in [-0.39, 0.29) is 11.6 Å². The Balaban J connectivity index is 1.79. The minimum atomic E-state index is -0.274. The molecule has 0 atom stereocenters. The number of benzene rings is 2. The van der Waals surface area contributed by atoms with E-state index in [1.165, 1.54) is 23.0 Å². The van der Waals surface area contributed by atoms with Crippen LogP contribution in [0.3, 0.4) is 0 Å². The largest absolute Gasteiger partial charge is 0.288 e. The summed E-state index contributed by atoms with van der Waals surface area (Å²) in [6.07, 6.45) is 3.35. The van der Waals surface area contributed by atoms with Crippen molar-refractivity contribution in [2.75, 3.05) is 0 Å². The molecule has 0 fully saturated rings. The van der Waals surface area contributed by atoms with Crippen molar-refractivity contribution in [1.82, 2.24) is 0 Å². The van der Waals surface area contributed by atoms with E-state index >= 15 is 0 Å². The average molecular weight is 322 g/mol. The molecule has 0 radical (unpaired) electrons. The summed E-state index contributed by atoms with van der Waals surface area (Å²) in [5.74, 6) is -0.346. The highest BCUT2D eigenvalue weighted by Crippen LogP contribution is 2.30. The minimum absolute atomic E-state index is 0.0711. The van der Waals surface area contributed by atoms with E-state index in [2.05, 4.69) is 0 Å². The van der Waals surface area contributed by atoms with Gasteiger partial charge in [-0.2, -0.15) is 0 Å². The molecule has 0 saturated carbocycles. The molecule has 1 nitrogen and oxygen atoms in total. The van der Waals surface area contributed by atoms with Gasteiger partial charge in [0.25, 0.3) is 0 Å². The number of rotatable bonds is 4. The Morgan fingerprint density at radius 2 is 1.74 bits per heavy atom. The highest BCUT2D eigenvalue weighted by Gasteiger charge is 2.10. The van der Waals surface area contributed by atoms with E-state index in [4.69, 9.17) is 0 Å². The van der Waals surface area contributed by atoms with Gasteiger partial charge in [-0.15, -0.1) is 11.3 Å². The fourth-order valence-corrected chi connectivity index (χ4v) is 3.16. The Morgan fingerprint density at radius 1 is 1.00 bits per heavy atom. The van der Waals surface area contributed by atoms with Gasteiger partial charge in [-0.25, -0.2) is 4.39 Å². The van der Waals surface area contributed by atoms with Crippen LogP contribution in [-0.2, 0) is 0 Å². The van der Waals surface area contributed by atoms with Crippen molar-refractivity contribution in [3.8, 4) is 10.4 Å². The highest BCUT2D eigenvalue weighted by molar-refractivity contribution is 7.17. The smallest absolute Gasteiger partial charge is 0.195 e. The zero-order valence-electron chi connectivity index (χ0n) is 12.6. The van der Waals surface area contributed by atoms with Crippen LogP contribution in [0.2, 0.25) is 0 Å². The number of halogens is 1. The van der Waals surface area contributed by atoms with Crippen LogP contribution in [0.15, 0.2) is 66.7 Å². The van der Waals surface area contributed by atoms with Crippen LogP contribution in [0.5, 0.6) is 0 Å². The van der Waals surface area contributed by atoms with Crippen molar-refractivity contribution < 1.29 is 9.18 Å². The summed E-state index contributed by atoms with van der Waals surface area (Å²) in [6, 6.07) is 18.1. The molecule has 0 amide bonds. The van der Waals surface area contributed by atoms with Crippen LogP contribution in [0.4, 0.5) is 4.39 Å². The zero-order valence-corrected chi connectivity index (χ0v) is 13.4. The summed E-state index contributed by atoms with van der Waals surface area (Å²) in [6.45, 7) is 2.02. The molecule has 0 saturated heterocycles. The lowest BCUT2D eigenvalue weighted by Crippen LogP contribution is -1.88. The molecule has 3 aromatic rings. The van der Waals surface area contributed by atoms with Crippen LogP contribution in [0.1, 0.15) is 20.8 Å². The van der Waals surface area contributed by atoms with Gasteiger partial charge in [0.1, 0.15) is 5.82 Å². The molecule has 1 heterocycles. The predicted octanol–water partition coefficient (Wildman–Crippen LogP) is 5.76. The van der Waals surface area contributed by atoms with Crippen molar-refractivity contribution in [2.45, 2.75) is 6.92 Å². The molecular formula is C20H15FOS. The fourth-order valence-electron chi connectivity index (χ4n) is 2.21. The predicted molar refractivity (Wildman–Crippen MR) is 94.3 cm³/mol. The Labute approximate surface area is 138 Å². The number of carbonyl (C=O) groups excluding carboxylic acids is 1. The highest BCUT2D eigenvalue weighted by atomic mass is 32.1. The Hall–Kier alpha value is -2.52. The average Bonchev–Trinajstić information content (AvgIpc) is 3.04. The van der Waals surface area contributed by atoms with Crippen molar-refractivity contribution in [3.63, 3.8) is 0 Å². The Bertz CT molecular complexity index is 859. The first-order chi connectivity index (χ1) is 11.1. The van der Waals surface area contributed by atoms with Crippen molar-refractivity contribution >= 4 is 23.2 Å². The normalized spacial score (nSPS) is 11.0. The third-order valence-corrected chi connectivity index (χ3v) is 4.63. The molecular weight excluding hydrogens is 307 g/mol. The van der Waals surface area contributed by atoms with Crippen LogP contribution in [0, 0.1) is 12.7 Å². The first-order valence-corrected chi connectivity index (χ1v) is 8.09. The number of thiophene rings is 1. The summed E-state index contributed by atoms with van der Waals surface area (Å²) in [5.41, 5.74) is 2.69. The van der Waals surface area contributed by atoms with Gasteiger partial charge in [0.15, 0.2) is 5.78 Å². The van der Waals surface area contributed by atoms with Crippen LogP contribution in [-0.4, -0.2) is 5.78 Å². The number of carbonyl (C=O) groups is 1. The van der Waals surface area contributed by atoms with Gasteiger partial charge >= 0.3 is 0 Å². The lowest BCUT2D eigenvalue weighted by molar-refractivity contribution is 0.105. The Morgan fingerprint density at radius 3 is 2.48 bits per heavy atom. The second-order valence-corrected chi connectivity index (χ2v) is 6.34. The second-order valence-electron chi connectivity index (χ2n) is 5.25. The quantitative estimate of drug-likeness (QED) is 0.441. The lowest BCUT2D eigenvalue weighted by atomic mass is 10.1. The van der Waals surface area contributed by atoms with E-state index in [1.807, 2.05) is 31.2 Å².